The van der Waals surface area contributed by atoms with E-state index >= 15 is 0 Å². The first kappa shape index (κ1) is 14.2. The largest absolute Gasteiger partial charge is 0.294 e. The molecule has 0 saturated heterocycles. The lowest BCUT2D eigenvalue weighted by Crippen LogP contribution is -2.09. The number of carbonyl (C=O) groups is 1. The lowest BCUT2D eigenvalue weighted by atomic mass is 9.86. The Balaban J connectivity index is 1.91. The summed E-state index contributed by atoms with van der Waals surface area (Å²) in [6.45, 7) is 0. The lowest BCUT2D eigenvalue weighted by molar-refractivity contribution is 0.0977. The first-order valence-corrected chi connectivity index (χ1v) is 7.38. The molecule has 0 amide bonds. The zero-order valence-electron chi connectivity index (χ0n) is 12.2. The average Bonchev–Trinajstić information content (AvgIpc) is 2.62. The Hall–Kier alpha value is -2.74. The van der Waals surface area contributed by atoms with Gasteiger partial charge in [0.15, 0.2) is 5.78 Å². The summed E-state index contributed by atoms with van der Waals surface area (Å²) in [6.07, 6.45) is 4.04. The Morgan fingerprint density at radius 3 is 2.09 bits per heavy atom. The average molecular weight is 287 g/mol. The highest BCUT2D eigenvalue weighted by atomic mass is 16.1. The molecule has 0 bridgehead atoms. The molecule has 2 aromatic carbocycles. The monoisotopic (exact) mass is 287 g/mol. The first-order valence-electron chi connectivity index (χ1n) is 7.38. The molecule has 0 spiro atoms. The van der Waals surface area contributed by atoms with Crippen molar-refractivity contribution in [2.45, 2.75) is 12.3 Å². The summed E-state index contributed by atoms with van der Waals surface area (Å²) < 4.78 is 0. The van der Waals surface area contributed by atoms with Gasteiger partial charge in [0, 0.05) is 30.3 Å². The van der Waals surface area contributed by atoms with Crippen molar-refractivity contribution in [3.8, 4) is 0 Å². The van der Waals surface area contributed by atoms with E-state index in [9.17, 15) is 4.79 Å². The molecule has 0 saturated carbocycles. The van der Waals surface area contributed by atoms with Crippen LogP contribution in [0.2, 0.25) is 0 Å². The summed E-state index contributed by atoms with van der Waals surface area (Å²) in [5, 5.41) is 0. The highest BCUT2D eigenvalue weighted by molar-refractivity contribution is 5.96. The van der Waals surface area contributed by atoms with Gasteiger partial charge < -0.3 is 0 Å². The van der Waals surface area contributed by atoms with Crippen molar-refractivity contribution in [2.24, 2.45) is 0 Å². The number of hydrogen-bond donors (Lipinski definition) is 0. The number of ketones is 1. The predicted molar refractivity (Wildman–Crippen MR) is 87.9 cm³/mol. The number of aromatic nitrogens is 1. The number of nitrogens with zero attached hydrogens (tertiary/aromatic N) is 1. The molecule has 0 aliphatic carbocycles. The third-order valence-corrected chi connectivity index (χ3v) is 3.77. The summed E-state index contributed by atoms with van der Waals surface area (Å²) in [4.78, 5) is 16.8. The van der Waals surface area contributed by atoms with Crippen molar-refractivity contribution in [3.63, 3.8) is 0 Å². The van der Waals surface area contributed by atoms with Gasteiger partial charge in [-0.15, -0.1) is 0 Å². The molecule has 3 rings (SSSR count). The summed E-state index contributed by atoms with van der Waals surface area (Å²) in [7, 11) is 0. The van der Waals surface area contributed by atoms with Crippen LogP contribution in [0.15, 0.2) is 85.2 Å². The molecule has 108 valence electrons. The van der Waals surface area contributed by atoms with Gasteiger partial charge in [-0.25, -0.2) is 0 Å². The van der Waals surface area contributed by atoms with Crippen LogP contribution in [0.25, 0.3) is 0 Å². The molecule has 3 aromatic rings. The Labute approximate surface area is 130 Å². The van der Waals surface area contributed by atoms with E-state index in [1.165, 1.54) is 0 Å². The molecule has 1 heterocycles. The number of hydrogen-bond acceptors (Lipinski definition) is 2. The van der Waals surface area contributed by atoms with Crippen molar-refractivity contribution in [1.29, 1.82) is 0 Å². The van der Waals surface area contributed by atoms with Crippen molar-refractivity contribution in [3.05, 3.63) is 102 Å². The fraction of sp³-hybridized carbons (Fsp3) is 0.100. The summed E-state index contributed by atoms with van der Waals surface area (Å²) in [5.74, 6) is 0.181. The van der Waals surface area contributed by atoms with Crippen LogP contribution in [-0.2, 0) is 0 Å². The Bertz CT molecular complexity index is 684. The van der Waals surface area contributed by atoms with E-state index < -0.39 is 0 Å². The van der Waals surface area contributed by atoms with Crippen LogP contribution in [0.4, 0.5) is 0 Å². The minimum absolute atomic E-state index is 0.0302. The van der Waals surface area contributed by atoms with Gasteiger partial charge in [-0.05, 0) is 17.2 Å². The van der Waals surface area contributed by atoms with Crippen molar-refractivity contribution in [1.82, 2.24) is 4.98 Å². The minimum atomic E-state index is 0.0302. The zero-order chi connectivity index (χ0) is 15.2. The van der Waals surface area contributed by atoms with Crippen molar-refractivity contribution < 1.29 is 4.79 Å². The molecule has 0 radical (unpaired) electrons. The van der Waals surface area contributed by atoms with E-state index in [1.54, 1.807) is 6.20 Å². The summed E-state index contributed by atoms with van der Waals surface area (Å²) in [6, 6.07) is 23.5. The second-order valence-corrected chi connectivity index (χ2v) is 5.24. The van der Waals surface area contributed by atoms with Crippen LogP contribution >= 0.6 is 0 Å². The van der Waals surface area contributed by atoms with E-state index in [-0.39, 0.29) is 11.7 Å². The second kappa shape index (κ2) is 6.81. The second-order valence-electron chi connectivity index (χ2n) is 5.24. The molecule has 1 unspecified atom stereocenters. The summed E-state index contributed by atoms with van der Waals surface area (Å²) in [5.41, 5.74) is 2.96. The van der Waals surface area contributed by atoms with Crippen LogP contribution in [0.3, 0.4) is 0 Å². The molecule has 1 atom stereocenters. The smallest absolute Gasteiger partial charge is 0.163 e. The quantitative estimate of drug-likeness (QED) is 0.647. The van der Waals surface area contributed by atoms with E-state index in [2.05, 4.69) is 17.1 Å². The topological polar surface area (TPSA) is 30.0 Å². The molecular formula is C20H17NO. The molecule has 0 aliphatic heterocycles. The van der Waals surface area contributed by atoms with Gasteiger partial charge in [-0.3, -0.25) is 9.78 Å². The highest BCUT2D eigenvalue weighted by Gasteiger charge is 2.19. The third kappa shape index (κ3) is 3.29. The van der Waals surface area contributed by atoms with Crippen LogP contribution in [0, 0.1) is 0 Å². The SMILES string of the molecule is O=C(CC(c1ccccc1)c1cccnc1)c1ccccc1. The Kier molecular flexibility index (Phi) is 4.40. The van der Waals surface area contributed by atoms with Gasteiger partial charge in [0.25, 0.3) is 0 Å². The third-order valence-electron chi connectivity index (χ3n) is 3.77. The Morgan fingerprint density at radius 1 is 0.818 bits per heavy atom. The molecule has 2 nitrogen and oxygen atoms in total. The fourth-order valence-electron chi connectivity index (χ4n) is 2.62. The maximum absolute atomic E-state index is 12.6. The van der Waals surface area contributed by atoms with E-state index in [1.807, 2.05) is 66.9 Å². The molecule has 0 fully saturated rings. The number of carbonyl (C=O) groups excluding carboxylic acids is 1. The van der Waals surface area contributed by atoms with Gasteiger partial charge in [0.05, 0.1) is 0 Å². The van der Waals surface area contributed by atoms with Crippen LogP contribution < -0.4 is 0 Å². The maximum atomic E-state index is 12.6. The van der Waals surface area contributed by atoms with Crippen LogP contribution in [0.1, 0.15) is 33.8 Å². The Morgan fingerprint density at radius 2 is 1.45 bits per heavy atom. The summed E-state index contributed by atoms with van der Waals surface area (Å²) >= 11 is 0. The predicted octanol–water partition coefficient (Wildman–Crippen LogP) is 4.49. The van der Waals surface area contributed by atoms with E-state index in [0.717, 1.165) is 16.7 Å². The lowest BCUT2D eigenvalue weighted by Gasteiger charge is -2.17. The number of Topliss-reactive ketones (excluding diaryl/α,β-unsaturated/α-hetero) is 1. The van der Waals surface area contributed by atoms with Crippen LogP contribution in [-0.4, -0.2) is 10.8 Å². The fourth-order valence-corrected chi connectivity index (χ4v) is 2.62. The van der Waals surface area contributed by atoms with Crippen molar-refractivity contribution in [2.75, 3.05) is 0 Å². The standard InChI is InChI=1S/C20H17NO/c22-20(17-10-5-2-6-11-17)14-19(16-8-3-1-4-9-16)18-12-7-13-21-15-18/h1-13,15,19H,14H2. The highest BCUT2D eigenvalue weighted by Crippen LogP contribution is 2.28. The van der Waals surface area contributed by atoms with Gasteiger partial charge >= 0.3 is 0 Å². The molecule has 2 heteroatoms. The van der Waals surface area contributed by atoms with Gasteiger partial charge in [0.1, 0.15) is 0 Å². The molecule has 0 aliphatic rings. The molecule has 1 aromatic heterocycles. The molecule has 0 N–H and O–H groups in total. The molecule has 22 heavy (non-hydrogen) atoms. The van der Waals surface area contributed by atoms with Gasteiger partial charge in [-0.1, -0.05) is 66.7 Å². The number of benzene rings is 2. The van der Waals surface area contributed by atoms with E-state index in [0.29, 0.717) is 6.42 Å². The first-order chi connectivity index (χ1) is 10.8. The minimum Gasteiger partial charge on any atom is -0.294 e. The number of rotatable bonds is 5. The van der Waals surface area contributed by atoms with Crippen LogP contribution in [0.5, 0.6) is 0 Å². The van der Waals surface area contributed by atoms with Crippen molar-refractivity contribution >= 4 is 5.78 Å². The van der Waals surface area contributed by atoms with Gasteiger partial charge in [-0.2, -0.15) is 0 Å². The number of pyridine rings is 1. The normalized spacial score (nSPS) is 11.8. The zero-order valence-corrected chi connectivity index (χ0v) is 12.2. The van der Waals surface area contributed by atoms with Gasteiger partial charge in [0.2, 0.25) is 0 Å². The molecular weight excluding hydrogens is 270 g/mol. The van der Waals surface area contributed by atoms with E-state index in [4.69, 9.17) is 0 Å². The maximum Gasteiger partial charge on any atom is 0.163 e.